The lowest BCUT2D eigenvalue weighted by atomic mass is 10.2. The summed E-state index contributed by atoms with van der Waals surface area (Å²) in [5.74, 6) is -0.0482. The van der Waals surface area contributed by atoms with Crippen LogP contribution in [0.4, 0.5) is 16.2 Å². The molecule has 9 nitrogen and oxygen atoms in total. The van der Waals surface area contributed by atoms with Crippen molar-refractivity contribution >= 4 is 55.8 Å². The van der Waals surface area contributed by atoms with Crippen LogP contribution in [-0.2, 0) is 9.47 Å². The van der Waals surface area contributed by atoms with E-state index in [4.69, 9.17) is 9.47 Å². The van der Waals surface area contributed by atoms with Gasteiger partial charge in [-0.1, -0.05) is 0 Å². The summed E-state index contributed by atoms with van der Waals surface area (Å²) in [7, 11) is 4.89. The second-order valence-corrected chi connectivity index (χ2v) is 9.57. The molecule has 4 heterocycles. The van der Waals surface area contributed by atoms with Gasteiger partial charge in [-0.15, -0.1) is 11.3 Å². The molecule has 1 aromatic carbocycles. The van der Waals surface area contributed by atoms with E-state index < -0.39 is 0 Å². The third-order valence-corrected chi connectivity index (χ3v) is 7.56. The zero-order valence-corrected chi connectivity index (χ0v) is 20.8. The number of carbonyl (C=O) groups is 2. The van der Waals surface area contributed by atoms with Crippen molar-refractivity contribution in [1.82, 2.24) is 19.8 Å². The fourth-order valence-electron chi connectivity index (χ4n) is 4.63. The number of methoxy groups -OCH3 is 2. The summed E-state index contributed by atoms with van der Waals surface area (Å²) in [5.41, 5.74) is 4.21. The monoisotopic (exact) mass is 493 g/mol. The van der Waals surface area contributed by atoms with Crippen LogP contribution in [0.25, 0.3) is 21.1 Å². The van der Waals surface area contributed by atoms with Crippen molar-refractivity contribution in [3.05, 3.63) is 53.2 Å². The topological polar surface area (TPSA) is 97.7 Å². The molecule has 1 fully saturated rings. The molecule has 1 aliphatic heterocycles. The van der Waals surface area contributed by atoms with Crippen molar-refractivity contribution in [1.29, 1.82) is 0 Å². The van der Waals surface area contributed by atoms with Crippen molar-refractivity contribution in [3.63, 3.8) is 0 Å². The number of aromatic nitrogens is 2. The molecule has 2 atom stereocenters. The van der Waals surface area contributed by atoms with Gasteiger partial charge in [-0.2, -0.15) is 0 Å². The molecule has 0 spiro atoms. The van der Waals surface area contributed by atoms with Crippen LogP contribution in [0.1, 0.15) is 15.4 Å². The van der Waals surface area contributed by atoms with Gasteiger partial charge in [0.2, 0.25) is 0 Å². The lowest BCUT2D eigenvalue weighted by molar-refractivity contribution is -0.00461. The summed E-state index contributed by atoms with van der Waals surface area (Å²) in [4.78, 5) is 32.3. The lowest BCUT2D eigenvalue weighted by Gasteiger charge is -2.14. The van der Waals surface area contributed by atoms with Crippen LogP contribution in [0, 0.1) is 6.92 Å². The number of nitrogens with zero attached hydrogens (tertiary/aromatic N) is 3. The van der Waals surface area contributed by atoms with Crippen LogP contribution in [0.15, 0.2) is 42.6 Å². The van der Waals surface area contributed by atoms with E-state index >= 15 is 0 Å². The number of benzene rings is 1. The predicted octanol–water partition coefficient (Wildman–Crippen LogP) is 3.98. The standard InChI is InChI=1S/C25H27N5O4S/c1-14-9-15-10-16(5-6-19(15)30(14)25(32)26-2)28-17-7-8-27-18-11-22(35-23(17)18)24(31)29-12-20(33-3)21(13-29)34-4/h5-11,20-21H,12-13H2,1-4H3,(H,26,32)(H,27,28). The van der Waals surface area contributed by atoms with E-state index in [1.165, 1.54) is 11.3 Å². The number of hydrogen-bond donors (Lipinski definition) is 2. The third-order valence-electron chi connectivity index (χ3n) is 6.41. The number of carbonyl (C=O) groups excluding carboxylic acids is 2. The average Bonchev–Trinajstić information content (AvgIpc) is 3.57. The van der Waals surface area contributed by atoms with E-state index in [1.54, 1.807) is 36.9 Å². The highest BCUT2D eigenvalue weighted by Gasteiger charge is 2.36. The fourth-order valence-corrected chi connectivity index (χ4v) is 5.68. The van der Waals surface area contributed by atoms with E-state index in [0.29, 0.717) is 18.0 Å². The molecule has 4 aromatic rings. The largest absolute Gasteiger partial charge is 0.377 e. The average molecular weight is 494 g/mol. The van der Waals surface area contributed by atoms with Gasteiger partial charge in [-0.05, 0) is 43.3 Å². The molecule has 0 bridgehead atoms. The number of thiophene rings is 1. The van der Waals surface area contributed by atoms with E-state index in [1.807, 2.05) is 43.3 Å². The van der Waals surface area contributed by atoms with Crippen LogP contribution in [0.3, 0.4) is 0 Å². The number of nitrogens with one attached hydrogen (secondary N) is 2. The first kappa shape index (κ1) is 23.3. The molecule has 1 saturated heterocycles. The molecule has 3 aromatic heterocycles. The van der Waals surface area contributed by atoms with E-state index in [-0.39, 0.29) is 24.1 Å². The fraction of sp³-hybridized carbons (Fsp3) is 0.320. The first-order valence-electron chi connectivity index (χ1n) is 11.3. The summed E-state index contributed by atoms with van der Waals surface area (Å²) in [6.45, 7) is 2.90. The van der Waals surface area contributed by atoms with Gasteiger partial charge in [0.1, 0.15) is 12.2 Å². The van der Waals surface area contributed by atoms with Crippen molar-refractivity contribution in [2.75, 3.05) is 39.7 Å². The normalized spacial score (nSPS) is 17.9. The lowest BCUT2D eigenvalue weighted by Crippen LogP contribution is -2.29. The SMILES string of the molecule is CNC(=O)n1c(C)cc2cc(Nc3ccnc4cc(C(=O)N5CC(OC)C(OC)C5)sc34)ccc21. The maximum absolute atomic E-state index is 13.2. The van der Waals surface area contributed by atoms with Crippen molar-refractivity contribution in [3.8, 4) is 0 Å². The molecule has 2 amide bonds. The number of pyridine rings is 1. The summed E-state index contributed by atoms with van der Waals surface area (Å²) < 4.78 is 13.5. The van der Waals surface area contributed by atoms with E-state index in [9.17, 15) is 9.59 Å². The number of likely N-dealkylation sites (tertiary alicyclic amines) is 1. The highest BCUT2D eigenvalue weighted by atomic mass is 32.1. The molecular formula is C25H27N5O4S. The molecular weight excluding hydrogens is 466 g/mol. The molecule has 10 heteroatoms. The Morgan fingerprint density at radius 3 is 2.51 bits per heavy atom. The van der Waals surface area contributed by atoms with Crippen molar-refractivity contribution in [2.45, 2.75) is 19.1 Å². The number of hydrogen-bond acceptors (Lipinski definition) is 7. The Hall–Kier alpha value is -3.47. The maximum Gasteiger partial charge on any atom is 0.325 e. The Bertz CT molecular complexity index is 1420. The van der Waals surface area contributed by atoms with Gasteiger partial charge in [0.05, 0.1) is 26.3 Å². The number of aryl methyl sites for hydroxylation is 1. The second kappa shape index (κ2) is 9.29. The minimum Gasteiger partial charge on any atom is -0.377 e. The molecule has 1 aliphatic rings. The Morgan fingerprint density at radius 2 is 1.83 bits per heavy atom. The third kappa shape index (κ3) is 4.13. The van der Waals surface area contributed by atoms with Gasteiger partial charge >= 0.3 is 6.03 Å². The van der Waals surface area contributed by atoms with Gasteiger partial charge in [0.15, 0.2) is 0 Å². The zero-order valence-electron chi connectivity index (χ0n) is 20.0. The van der Waals surface area contributed by atoms with E-state index in [0.717, 1.165) is 38.2 Å². The molecule has 2 unspecified atom stereocenters. The van der Waals surface area contributed by atoms with Crippen LogP contribution in [-0.4, -0.2) is 73.0 Å². The molecule has 0 saturated carbocycles. The Kier molecular flexibility index (Phi) is 6.18. The predicted molar refractivity (Wildman–Crippen MR) is 137 cm³/mol. The second-order valence-electron chi connectivity index (χ2n) is 8.52. The Labute approximate surface area is 206 Å². The van der Waals surface area contributed by atoms with Crippen molar-refractivity contribution in [2.24, 2.45) is 0 Å². The van der Waals surface area contributed by atoms with Gasteiger partial charge in [0, 0.05) is 57.3 Å². The number of ether oxygens (including phenoxy) is 2. The number of anilines is 2. The van der Waals surface area contributed by atoms with Gasteiger partial charge < -0.3 is 25.0 Å². The molecule has 0 radical (unpaired) electrons. The maximum atomic E-state index is 13.2. The smallest absolute Gasteiger partial charge is 0.325 e. The minimum atomic E-state index is -0.170. The van der Waals surface area contributed by atoms with Gasteiger partial charge in [-0.25, -0.2) is 4.79 Å². The number of amides is 2. The van der Waals surface area contributed by atoms with E-state index in [2.05, 4.69) is 15.6 Å². The highest BCUT2D eigenvalue weighted by molar-refractivity contribution is 7.21. The summed E-state index contributed by atoms with van der Waals surface area (Å²) in [6, 6.07) is 11.4. The number of fused-ring (bicyclic) bond motifs is 2. The molecule has 0 aliphatic carbocycles. The van der Waals surface area contributed by atoms with Crippen LogP contribution in [0.2, 0.25) is 0 Å². The van der Waals surface area contributed by atoms with Crippen LogP contribution >= 0.6 is 11.3 Å². The number of rotatable bonds is 5. The Balaban J connectivity index is 1.42. The van der Waals surface area contributed by atoms with Crippen molar-refractivity contribution < 1.29 is 19.1 Å². The van der Waals surface area contributed by atoms with Crippen LogP contribution in [0.5, 0.6) is 0 Å². The highest BCUT2D eigenvalue weighted by Crippen LogP contribution is 2.34. The first-order valence-corrected chi connectivity index (χ1v) is 12.1. The summed E-state index contributed by atoms with van der Waals surface area (Å²) >= 11 is 1.42. The summed E-state index contributed by atoms with van der Waals surface area (Å²) in [5, 5.41) is 7.09. The van der Waals surface area contributed by atoms with Crippen LogP contribution < -0.4 is 10.6 Å². The minimum absolute atomic E-state index is 0.0482. The van der Waals surface area contributed by atoms with Gasteiger partial charge in [-0.3, -0.25) is 14.3 Å². The molecule has 2 N–H and O–H groups in total. The molecule has 182 valence electrons. The quantitative estimate of drug-likeness (QED) is 0.437. The summed E-state index contributed by atoms with van der Waals surface area (Å²) in [6.07, 6.45) is 1.46. The molecule has 5 rings (SSSR count). The first-order chi connectivity index (χ1) is 16.9. The Morgan fingerprint density at radius 1 is 1.09 bits per heavy atom. The van der Waals surface area contributed by atoms with Gasteiger partial charge in [0.25, 0.3) is 5.91 Å². The zero-order chi connectivity index (χ0) is 24.7. The molecule has 35 heavy (non-hydrogen) atoms.